The number of nitrogens with one attached hydrogen (secondary N) is 2. The molecule has 0 spiro atoms. The molecule has 1 heterocycles. The van der Waals surface area contributed by atoms with Crippen LogP contribution in [0.2, 0.25) is 5.02 Å². The maximum atomic E-state index is 11.3. The second-order valence-electron chi connectivity index (χ2n) is 3.98. The highest BCUT2D eigenvalue weighted by Crippen LogP contribution is 2.28. The van der Waals surface area contributed by atoms with Crippen molar-refractivity contribution in [3.8, 4) is 0 Å². The lowest BCUT2D eigenvalue weighted by Gasteiger charge is -2.08. The van der Waals surface area contributed by atoms with Gasteiger partial charge in [-0.3, -0.25) is 4.79 Å². The fourth-order valence-electron chi connectivity index (χ4n) is 1.40. The van der Waals surface area contributed by atoms with Gasteiger partial charge in [-0.25, -0.2) is 4.98 Å². The summed E-state index contributed by atoms with van der Waals surface area (Å²) in [5.41, 5.74) is 0. The first kappa shape index (κ1) is 12.6. The minimum Gasteiger partial charge on any atom is -0.367 e. The first-order valence-electron chi connectivity index (χ1n) is 5.49. The molecule has 17 heavy (non-hydrogen) atoms. The van der Waals surface area contributed by atoms with Gasteiger partial charge in [-0.1, -0.05) is 11.6 Å². The minimum absolute atomic E-state index is 0.162. The number of halogens is 2. The largest absolute Gasteiger partial charge is 0.367 e. The topological polar surface area (TPSA) is 54.0 Å². The Labute approximate surface area is 113 Å². The van der Waals surface area contributed by atoms with Gasteiger partial charge in [0.15, 0.2) is 0 Å². The zero-order chi connectivity index (χ0) is 12.3. The van der Waals surface area contributed by atoms with Gasteiger partial charge >= 0.3 is 0 Å². The molecule has 1 aromatic rings. The molecule has 1 aliphatic rings. The highest BCUT2D eigenvalue weighted by Gasteiger charge is 2.28. The molecule has 4 nitrogen and oxygen atoms in total. The molecular weight excluding hydrogens is 305 g/mol. The van der Waals surface area contributed by atoms with Crippen LogP contribution in [0, 0.1) is 5.92 Å². The van der Waals surface area contributed by atoms with E-state index in [1.807, 2.05) is 0 Å². The number of amides is 1. The lowest BCUT2D eigenvalue weighted by molar-refractivity contribution is -0.122. The van der Waals surface area contributed by atoms with E-state index in [1.54, 1.807) is 12.3 Å². The normalized spacial score (nSPS) is 14.5. The molecule has 1 aromatic heterocycles. The molecule has 92 valence electrons. The second-order valence-corrected chi connectivity index (χ2v) is 5.27. The van der Waals surface area contributed by atoms with Gasteiger partial charge in [0.2, 0.25) is 5.91 Å². The molecule has 1 saturated carbocycles. The number of nitrogens with zero attached hydrogens (tertiary/aromatic N) is 1. The number of carbonyl (C=O) groups excluding carboxylic acids is 1. The van der Waals surface area contributed by atoms with E-state index >= 15 is 0 Å². The first-order chi connectivity index (χ1) is 8.16. The lowest BCUT2D eigenvalue weighted by Crippen LogP contribution is -2.29. The van der Waals surface area contributed by atoms with Gasteiger partial charge in [0.05, 0.1) is 9.50 Å². The van der Waals surface area contributed by atoms with Crippen molar-refractivity contribution >= 4 is 39.3 Å². The number of hydrogen-bond donors (Lipinski definition) is 2. The quantitative estimate of drug-likeness (QED) is 0.820. The summed E-state index contributed by atoms with van der Waals surface area (Å²) in [6, 6.07) is 1.78. The average Bonchev–Trinajstić information content (AvgIpc) is 3.10. The molecule has 1 amide bonds. The molecule has 1 aliphatic carbocycles. The van der Waals surface area contributed by atoms with Crippen LogP contribution in [0.4, 0.5) is 5.82 Å². The Bertz CT molecular complexity index is 423. The number of aromatic nitrogens is 1. The van der Waals surface area contributed by atoms with Crippen molar-refractivity contribution in [1.29, 1.82) is 0 Å². The Hall–Kier alpha value is -0.810. The van der Waals surface area contributed by atoms with Crippen molar-refractivity contribution in [3.63, 3.8) is 0 Å². The summed E-state index contributed by atoms with van der Waals surface area (Å²) in [6.07, 6.45) is 3.64. The molecule has 6 heteroatoms. The molecule has 0 saturated heterocycles. The molecule has 1 fully saturated rings. The van der Waals surface area contributed by atoms with E-state index in [2.05, 4.69) is 31.5 Å². The Morgan fingerprint density at radius 3 is 2.94 bits per heavy atom. The van der Waals surface area contributed by atoms with Gasteiger partial charge in [0.1, 0.15) is 5.82 Å². The van der Waals surface area contributed by atoms with Crippen LogP contribution in [0.3, 0.4) is 0 Å². The minimum atomic E-state index is 0.162. The van der Waals surface area contributed by atoms with Crippen LogP contribution < -0.4 is 10.6 Å². The predicted molar refractivity (Wildman–Crippen MR) is 71.2 cm³/mol. The Morgan fingerprint density at radius 1 is 1.53 bits per heavy atom. The van der Waals surface area contributed by atoms with Crippen molar-refractivity contribution in [2.24, 2.45) is 5.92 Å². The van der Waals surface area contributed by atoms with Gasteiger partial charge < -0.3 is 10.6 Å². The maximum Gasteiger partial charge on any atom is 0.223 e. The fraction of sp³-hybridized carbons (Fsp3) is 0.455. The van der Waals surface area contributed by atoms with Gasteiger partial charge in [0, 0.05) is 25.2 Å². The Morgan fingerprint density at radius 2 is 2.29 bits per heavy atom. The first-order valence-corrected chi connectivity index (χ1v) is 6.66. The zero-order valence-electron chi connectivity index (χ0n) is 9.17. The summed E-state index contributed by atoms with van der Waals surface area (Å²) >= 11 is 9.15. The van der Waals surface area contributed by atoms with Crippen molar-refractivity contribution < 1.29 is 4.79 Å². The van der Waals surface area contributed by atoms with Gasteiger partial charge in [-0.15, -0.1) is 0 Å². The summed E-state index contributed by atoms with van der Waals surface area (Å²) in [7, 11) is 0. The van der Waals surface area contributed by atoms with E-state index in [4.69, 9.17) is 11.6 Å². The number of anilines is 1. The number of pyridine rings is 1. The fourth-order valence-corrected chi connectivity index (χ4v) is 2.18. The third kappa shape index (κ3) is 3.85. The molecule has 0 atom stereocenters. The van der Waals surface area contributed by atoms with E-state index in [1.165, 1.54) is 0 Å². The molecule has 0 unspecified atom stereocenters. The zero-order valence-corrected chi connectivity index (χ0v) is 11.5. The molecule has 0 radical (unpaired) electrons. The van der Waals surface area contributed by atoms with E-state index in [-0.39, 0.29) is 11.8 Å². The summed E-state index contributed by atoms with van der Waals surface area (Å²) < 4.78 is 0.818. The standard InChI is InChI=1S/C11H13BrClN3O/c12-9-5-8(13)6-16-10(9)14-3-4-15-11(17)7-1-2-7/h5-7H,1-4H2,(H,14,16)(H,15,17). The lowest BCUT2D eigenvalue weighted by atomic mass is 10.4. The molecule has 0 aliphatic heterocycles. The van der Waals surface area contributed by atoms with Crippen molar-refractivity contribution in [3.05, 3.63) is 21.8 Å². The molecule has 0 bridgehead atoms. The smallest absolute Gasteiger partial charge is 0.223 e. The van der Waals surface area contributed by atoms with Crippen molar-refractivity contribution in [2.75, 3.05) is 18.4 Å². The van der Waals surface area contributed by atoms with E-state index < -0.39 is 0 Å². The summed E-state index contributed by atoms with van der Waals surface area (Å²) in [4.78, 5) is 15.5. The highest BCUT2D eigenvalue weighted by molar-refractivity contribution is 9.10. The number of rotatable bonds is 5. The van der Waals surface area contributed by atoms with Crippen molar-refractivity contribution in [2.45, 2.75) is 12.8 Å². The summed E-state index contributed by atoms with van der Waals surface area (Å²) in [5, 5.41) is 6.59. The van der Waals surface area contributed by atoms with E-state index in [0.29, 0.717) is 18.1 Å². The van der Waals surface area contributed by atoms with Crippen LogP contribution in [0.5, 0.6) is 0 Å². The number of hydrogen-bond acceptors (Lipinski definition) is 3. The molecule has 2 rings (SSSR count). The SMILES string of the molecule is O=C(NCCNc1ncc(Cl)cc1Br)C1CC1. The van der Waals surface area contributed by atoms with Gasteiger partial charge in [-0.2, -0.15) is 0 Å². The van der Waals surface area contributed by atoms with Crippen LogP contribution in [-0.2, 0) is 4.79 Å². The van der Waals surface area contributed by atoms with Gasteiger partial charge in [-0.05, 0) is 34.8 Å². The maximum absolute atomic E-state index is 11.3. The monoisotopic (exact) mass is 317 g/mol. The van der Waals surface area contributed by atoms with Crippen LogP contribution in [0.1, 0.15) is 12.8 Å². The molecule has 0 aromatic carbocycles. The third-order valence-corrected chi connectivity index (χ3v) is 3.28. The Kier molecular flexibility index (Phi) is 4.23. The van der Waals surface area contributed by atoms with Gasteiger partial charge in [0.25, 0.3) is 0 Å². The third-order valence-electron chi connectivity index (χ3n) is 2.47. The summed E-state index contributed by atoms with van der Waals surface area (Å²) in [5.74, 6) is 1.15. The molecule has 2 N–H and O–H groups in total. The van der Waals surface area contributed by atoms with Crippen LogP contribution in [-0.4, -0.2) is 24.0 Å². The van der Waals surface area contributed by atoms with Crippen LogP contribution in [0.15, 0.2) is 16.7 Å². The molecular formula is C11H13BrClN3O. The predicted octanol–water partition coefficient (Wildman–Crippen LogP) is 2.44. The van der Waals surface area contributed by atoms with Crippen molar-refractivity contribution in [1.82, 2.24) is 10.3 Å². The Balaban J connectivity index is 1.72. The van der Waals surface area contributed by atoms with Crippen LogP contribution >= 0.6 is 27.5 Å². The van der Waals surface area contributed by atoms with E-state index in [9.17, 15) is 4.79 Å². The van der Waals surface area contributed by atoms with Crippen LogP contribution in [0.25, 0.3) is 0 Å². The number of carbonyl (C=O) groups is 1. The second kappa shape index (κ2) is 5.69. The average molecular weight is 319 g/mol. The summed E-state index contributed by atoms with van der Waals surface area (Å²) in [6.45, 7) is 1.25. The van der Waals surface area contributed by atoms with E-state index in [0.717, 1.165) is 23.1 Å². The highest BCUT2D eigenvalue weighted by atomic mass is 79.9.